The summed E-state index contributed by atoms with van der Waals surface area (Å²) in [5.41, 5.74) is 1.54. The number of fused-ring (bicyclic) bond motifs is 1. The molecule has 29 heavy (non-hydrogen) atoms. The van der Waals surface area contributed by atoms with Crippen LogP contribution in [0.3, 0.4) is 0 Å². The predicted octanol–water partition coefficient (Wildman–Crippen LogP) is 3.07. The van der Waals surface area contributed by atoms with Crippen LogP contribution in [0.25, 0.3) is 11.0 Å². The van der Waals surface area contributed by atoms with E-state index in [-0.39, 0.29) is 23.2 Å². The summed E-state index contributed by atoms with van der Waals surface area (Å²) in [6.07, 6.45) is 8.67. The van der Waals surface area contributed by atoms with Crippen LogP contribution >= 0.6 is 11.6 Å². The maximum absolute atomic E-state index is 14.5. The quantitative estimate of drug-likeness (QED) is 0.605. The largest absolute Gasteiger partial charge is 0.365 e. The van der Waals surface area contributed by atoms with Crippen molar-refractivity contribution in [1.29, 1.82) is 0 Å². The van der Waals surface area contributed by atoms with Gasteiger partial charge in [0, 0.05) is 48.6 Å². The average molecular weight is 417 g/mol. The lowest BCUT2D eigenvalue weighted by Gasteiger charge is -2.37. The van der Waals surface area contributed by atoms with Crippen LogP contribution in [0.5, 0.6) is 0 Å². The van der Waals surface area contributed by atoms with Crippen LogP contribution in [0.15, 0.2) is 35.5 Å². The van der Waals surface area contributed by atoms with Gasteiger partial charge in [-0.05, 0) is 30.7 Å². The van der Waals surface area contributed by atoms with E-state index < -0.39 is 12.0 Å². The lowest BCUT2D eigenvalue weighted by atomic mass is 9.71. The molecule has 1 saturated heterocycles. The minimum atomic E-state index is -0.446. The first-order chi connectivity index (χ1) is 14.0. The molecule has 1 saturated carbocycles. The summed E-state index contributed by atoms with van der Waals surface area (Å²) in [6.45, 7) is 0.710. The summed E-state index contributed by atoms with van der Waals surface area (Å²) in [7, 11) is 0. The number of rotatable bonds is 2. The van der Waals surface area contributed by atoms with Crippen molar-refractivity contribution < 1.29 is 9.18 Å². The molecule has 5 rings (SSSR count). The number of carbonyl (C=O) groups is 1. The monoisotopic (exact) mass is 416 g/mol. The van der Waals surface area contributed by atoms with Crippen LogP contribution in [-0.4, -0.2) is 34.3 Å². The Kier molecular flexibility index (Phi) is 4.46. The maximum atomic E-state index is 14.5. The Balaban J connectivity index is 1.37. The lowest BCUT2D eigenvalue weighted by molar-refractivity contribution is -0.119. The van der Waals surface area contributed by atoms with Gasteiger partial charge in [-0.25, -0.2) is 14.4 Å². The molecule has 2 fully saturated rings. The van der Waals surface area contributed by atoms with Crippen molar-refractivity contribution in [3.63, 3.8) is 0 Å². The van der Waals surface area contributed by atoms with Gasteiger partial charge in [-0.15, -0.1) is 0 Å². The minimum Gasteiger partial charge on any atom is -0.365 e. The highest BCUT2D eigenvalue weighted by Gasteiger charge is 2.42. The van der Waals surface area contributed by atoms with Gasteiger partial charge >= 0.3 is 0 Å². The number of hydrogen-bond donors (Lipinski definition) is 4. The van der Waals surface area contributed by atoms with E-state index in [2.05, 4.69) is 30.9 Å². The Morgan fingerprint density at radius 1 is 1.38 bits per heavy atom. The fourth-order valence-electron chi connectivity index (χ4n) is 4.78. The van der Waals surface area contributed by atoms with Crippen LogP contribution in [0.4, 0.5) is 4.39 Å². The third-order valence-electron chi connectivity index (χ3n) is 6.15. The number of aromatic nitrogens is 2. The molecule has 0 bridgehead atoms. The SMILES string of the molecule is O=C1CC2(CCC[C@H](NC3=NC(c4c[nH]c5ncc(Cl)cc45)NC=C3F)C2)CN1. The van der Waals surface area contributed by atoms with Crippen LogP contribution in [0.1, 0.15) is 43.8 Å². The van der Waals surface area contributed by atoms with E-state index in [1.165, 1.54) is 6.20 Å². The van der Waals surface area contributed by atoms with Gasteiger partial charge in [0.15, 0.2) is 11.7 Å². The molecular weight excluding hydrogens is 395 g/mol. The van der Waals surface area contributed by atoms with Crippen LogP contribution in [0, 0.1) is 5.41 Å². The number of aromatic amines is 1. The number of nitrogens with one attached hydrogen (secondary N) is 4. The summed E-state index contributed by atoms with van der Waals surface area (Å²) in [5, 5.41) is 10.6. The topological polar surface area (TPSA) is 94.2 Å². The Labute approximate surface area is 172 Å². The van der Waals surface area contributed by atoms with E-state index in [4.69, 9.17) is 11.6 Å². The molecule has 2 aliphatic heterocycles. The van der Waals surface area contributed by atoms with Crippen molar-refractivity contribution in [2.45, 2.75) is 44.3 Å². The van der Waals surface area contributed by atoms with E-state index in [1.54, 1.807) is 6.20 Å². The molecule has 152 valence electrons. The number of carbonyl (C=O) groups excluding carboxylic acids is 1. The molecule has 4 heterocycles. The molecule has 1 amide bonds. The number of H-pyrrole nitrogens is 1. The number of amidine groups is 1. The van der Waals surface area contributed by atoms with Crippen LogP contribution < -0.4 is 16.0 Å². The molecule has 3 aliphatic rings. The van der Waals surface area contributed by atoms with E-state index >= 15 is 0 Å². The molecule has 7 nitrogen and oxygen atoms in total. The minimum absolute atomic E-state index is 0.0146. The van der Waals surface area contributed by atoms with Gasteiger partial charge < -0.3 is 20.9 Å². The average Bonchev–Trinajstić information content (AvgIpc) is 3.27. The normalized spacial score (nSPS) is 29.4. The van der Waals surface area contributed by atoms with E-state index in [0.717, 1.165) is 36.6 Å². The smallest absolute Gasteiger partial charge is 0.220 e. The van der Waals surface area contributed by atoms with Gasteiger partial charge in [0.1, 0.15) is 11.8 Å². The zero-order valence-corrected chi connectivity index (χ0v) is 16.5. The molecule has 0 aromatic carbocycles. The van der Waals surface area contributed by atoms with Gasteiger partial charge in [0.25, 0.3) is 0 Å². The summed E-state index contributed by atoms with van der Waals surface area (Å²) in [4.78, 5) is 23.7. The predicted molar refractivity (Wildman–Crippen MR) is 109 cm³/mol. The van der Waals surface area contributed by atoms with E-state index in [1.807, 2.05) is 12.3 Å². The molecule has 9 heteroatoms. The van der Waals surface area contributed by atoms with E-state index in [0.29, 0.717) is 23.6 Å². The van der Waals surface area contributed by atoms with Crippen LogP contribution in [-0.2, 0) is 4.79 Å². The third-order valence-corrected chi connectivity index (χ3v) is 6.36. The number of pyridine rings is 1. The number of amides is 1. The van der Waals surface area contributed by atoms with Crippen molar-refractivity contribution in [3.8, 4) is 0 Å². The molecule has 4 N–H and O–H groups in total. The molecule has 1 spiro atoms. The first-order valence-corrected chi connectivity index (χ1v) is 10.2. The van der Waals surface area contributed by atoms with Crippen molar-refractivity contribution in [3.05, 3.63) is 41.1 Å². The molecule has 3 atom stereocenters. The van der Waals surface area contributed by atoms with Crippen molar-refractivity contribution >= 4 is 34.4 Å². The summed E-state index contributed by atoms with van der Waals surface area (Å²) < 4.78 is 14.5. The van der Waals surface area contributed by atoms with Gasteiger partial charge in [0.05, 0.1) is 5.02 Å². The Morgan fingerprint density at radius 2 is 2.28 bits per heavy atom. The third kappa shape index (κ3) is 3.46. The summed E-state index contributed by atoms with van der Waals surface area (Å²) in [5.74, 6) is -0.0579. The van der Waals surface area contributed by atoms with Gasteiger partial charge in [-0.2, -0.15) is 0 Å². The van der Waals surface area contributed by atoms with Gasteiger partial charge in [-0.3, -0.25) is 4.79 Å². The molecule has 2 aromatic rings. The first-order valence-electron chi connectivity index (χ1n) is 9.87. The highest BCUT2D eigenvalue weighted by molar-refractivity contribution is 6.31. The van der Waals surface area contributed by atoms with Crippen molar-refractivity contribution in [2.24, 2.45) is 10.4 Å². The fraction of sp³-hybridized carbons (Fsp3) is 0.450. The number of hydrogen-bond acceptors (Lipinski definition) is 5. The first kappa shape index (κ1) is 18.4. The second-order valence-corrected chi connectivity index (χ2v) is 8.66. The van der Waals surface area contributed by atoms with Gasteiger partial charge in [-0.1, -0.05) is 18.0 Å². The Hall–Kier alpha value is -2.61. The second kappa shape index (κ2) is 7.02. The maximum Gasteiger partial charge on any atom is 0.220 e. The molecular formula is C20H22ClFN6O. The highest BCUT2D eigenvalue weighted by Crippen LogP contribution is 2.41. The summed E-state index contributed by atoms with van der Waals surface area (Å²) >= 11 is 6.09. The highest BCUT2D eigenvalue weighted by atomic mass is 35.5. The second-order valence-electron chi connectivity index (χ2n) is 8.22. The summed E-state index contributed by atoms with van der Waals surface area (Å²) in [6, 6.07) is 1.91. The number of halogens is 2. The van der Waals surface area contributed by atoms with Crippen molar-refractivity contribution in [1.82, 2.24) is 25.9 Å². The zero-order chi connectivity index (χ0) is 20.0. The Morgan fingerprint density at radius 3 is 3.10 bits per heavy atom. The lowest BCUT2D eigenvalue weighted by Crippen LogP contribution is -2.44. The molecule has 2 unspecified atom stereocenters. The molecule has 1 aliphatic carbocycles. The fourth-order valence-corrected chi connectivity index (χ4v) is 4.94. The van der Waals surface area contributed by atoms with E-state index in [9.17, 15) is 9.18 Å². The standard InChI is InChI=1S/C20H22ClFN6O/c21-11-4-13-14(8-24-17(13)23-7-11)18-25-9-15(22)19(28-18)27-12-2-1-3-20(5-12)6-16(29)26-10-20/h4,7-9,12,18,25H,1-3,5-6,10H2,(H,23,24)(H,26,29)(H,27,28)/t12-,18?,20?/m0/s1. The zero-order valence-electron chi connectivity index (χ0n) is 15.8. The van der Waals surface area contributed by atoms with Crippen LogP contribution in [0.2, 0.25) is 5.02 Å². The molecule has 2 aromatic heterocycles. The van der Waals surface area contributed by atoms with Crippen molar-refractivity contribution in [2.75, 3.05) is 6.54 Å². The Bertz CT molecular complexity index is 1030. The van der Waals surface area contributed by atoms with Gasteiger partial charge in [0.2, 0.25) is 5.91 Å². The number of aliphatic imine (C=N–C) groups is 1. The molecule has 0 radical (unpaired) electrons. The number of nitrogens with zero attached hydrogens (tertiary/aromatic N) is 2.